The van der Waals surface area contributed by atoms with Crippen LogP contribution in [0.3, 0.4) is 0 Å². The first-order valence-corrected chi connectivity index (χ1v) is 9.10. The molecule has 2 amide bonds. The van der Waals surface area contributed by atoms with E-state index in [0.717, 1.165) is 16.7 Å². The van der Waals surface area contributed by atoms with E-state index in [-0.39, 0.29) is 24.8 Å². The van der Waals surface area contributed by atoms with Crippen molar-refractivity contribution in [2.24, 2.45) is 7.05 Å². The summed E-state index contributed by atoms with van der Waals surface area (Å²) in [5.74, 6) is 0.310. The summed E-state index contributed by atoms with van der Waals surface area (Å²) in [6.07, 6.45) is 1.20. The molecule has 0 spiro atoms. The number of carbonyl (C=O) groups is 2. The molecule has 8 heteroatoms. The lowest BCUT2D eigenvalue weighted by molar-refractivity contribution is -0.125. The molecule has 28 heavy (non-hydrogen) atoms. The second-order valence-corrected chi connectivity index (χ2v) is 6.82. The van der Waals surface area contributed by atoms with Crippen LogP contribution in [0.4, 0.5) is 11.4 Å². The number of nitrogens with one attached hydrogen (secondary N) is 1. The van der Waals surface area contributed by atoms with Gasteiger partial charge in [0.1, 0.15) is 5.75 Å². The smallest absolute Gasteiger partial charge is 0.267 e. The summed E-state index contributed by atoms with van der Waals surface area (Å²) >= 11 is 0. The molecule has 1 aromatic carbocycles. The maximum atomic E-state index is 12.5. The Kier molecular flexibility index (Phi) is 4.46. The topological polar surface area (TPSA) is 89.4 Å². The number of rotatable bonds is 4. The van der Waals surface area contributed by atoms with Gasteiger partial charge in [0.25, 0.3) is 5.91 Å². The second-order valence-electron chi connectivity index (χ2n) is 6.82. The molecule has 0 bridgehead atoms. The van der Waals surface area contributed by atoms with Crippen LogP contribution in [0.1, 0.15) is 19.0 Å². The van der Waals surface area contributed by atoms with Gasteiger partial charge in [-0.05, 0) is 32.0 Å². The normalized spacial score (nSPS) is 16.0. The van der Waals surface area contributed by atoms with E-state index in [1.54, 1.807) is 22.7 Å². The van der Waals surface area contributed by atoms with E-state index in [1.807, 2.05) is 44.3 Å². The third kappa shape index (κ3) is 3.17. The van der Waals surface area contributed by atoms with Crippen molar-refractivity contribution in [2.75, 3.05) is 16.8 Å². The lowest BCUT2D eigenvalue weighted by Crippen LogP contribution is -2.45. The average Bonchev–Trinajstić information content (AvgIpc) is 2.95. The van der Waals surface area contributed by atoms with E-state index in [2.05, 4.69) is 15.4 Å². The number of aromatic nitrogens is 3. The number of pyridine rings is 1. The lowest BCUT2D eigenvalue weighted by atomic mass is 10.1. The molecule has 0 radical (unpaired) electrons. The van der Waals surface area contributed by atoms with Crippen molar-refractivity contribution < 1.29 is 14.3 Å². The summed E-state index contributed by atoms with van der Waals surface area (Å²) in [5.41, 5.74) is 2.91. The standard InChI is InChI=1S/C20H21N5O3/c1-12-15-10-14(11-21-19(15)24(3)23-12)22-18(26)8-9-25-16-6-4-5-7-17(16)28-13(2)20(25)27/h4-7,10-11,13H,8-9H2,1-3H3,(H,22,26). The minimum atomic E-state index is -0.571. The molecule has 144 valence electrons. The van der Waals surface area contributed by atoms with Crippen molar-refractivity contribution >= 4 is 34.2 Å². The maximum absolute atomic E-state index is 12.5. The number of hydrogen-bond donors (Lipinski definition) is 1. The first kappa shape index (κ1) is 18.0. The van der Waals surface area contributed by atoms with E-state index in [4.69, 9.17) is 4.74 Å². The molecule has 8 nitrogen and oxygen atoms in total. The largest absolute Gasteiger partial charge is 0.479 e. The van der Waals surface area contributed by atoms with Gasteiger partial charge in [-0.3, -0.25) is 14.3 Å². The Morgan fingerprint density at radius 2 is 2.11 bits per heavy atom. The number of para-hydroxylation sites is 2. The van der Waals surface area contributed by atoms with Crippen molar-refractivity contribution in [3.8, 4) is 5.75 Å². The monoisotopic (exact) mass is 379 g/mol. The minimum Gasteiger partial charge on any atom is -0.479 e. The van der Waals surface area contributed by atoms with Crippen LogP contribution in [0.15, 0.2) is 36.5 Å². The number of fused-ring (bicyclic) bond motifs is 2. The second kappa shape index (κ2) is 6.95. The van der Waals surface area contributed by atoms with Crippen LogP contribution in [0.5, 0.6) is 5.75 Å². The lowest BCUT2D eigenvalue weighted by Gasteiger charge is -2.32. The Balaban J connectivity index is 1.46. The van der Waals surface area contributed by atoms with Gasteiger partial charge in [-0.1, -0.05) is 12.1 Å². The number of amides is 2. The highest BCUT2D eigenvalue weighted by molar-refractivity contribution is 6.01. The molecule has 0 fully saturated rings. The highest BCUT2D eigenvalue weighted by Gasteiger charge is 2.31. The van der Waals surface area contributed by atoms with Gasteiger partial charge in [0.15, 0.2) is 11.8 Å². The van der Waals surface area contributed by atoms with Gasteiger partial charge in [-0.2, -0.15) is 5.10 Å². The average molecular weight is 379 g/mol. The van der Waals surface area contributed by atoms with Gasteiger partial charge in [0, 0.05) is 25.4 Å². The first-order valence-electron chi connectivity index (χ1n) is 9.10. The van der Waals surface area contributed by atoms with Crippen molar-refractivity contribution in [2.45, 2.75) is 26.4 Å². The SMILES string of the molecule is Cc1nn(C)c2ncc(NC(=O)CCN3C(=O)C(C)Oc4ccccc43)cc12. The molecule has 1 unspecified atom stereocenters. The fourth-order valence-electron chi connectivity index (χ4n) is 3.40. The number of carbonyl (C=O) groups excluding carboxylic acids is 2. The van der Waals surface area contributed by atoms with Crippen molar-refractivity contribution in [3.63, 3.8) is 0 Å². The van der Waals surface area contributed by atoms with Crippen LogP contribution >= 0.6 is 0 Å². The molecule has 1 aliphatic rings. The summed E-state index contributed by atoms with van der Waals surface area (Å²) in [6.45, 7) is 3.89. The third-order valence-corrected chi connectivity index (χ3v) is 4.78. The van der Waals surface area contributed by atoms with Gasteiger partial charge >= 0.3 is 0 Å². The van der Waals surface area contributed by atoms with E-state index >= 15 is 0 Å². The Morgan fingerprint density at radius 1 is 1.32 bits per heavy atom. The molecule has 1 aliphatic heterocycles. The molecule has 0 saturated heterocycles. The maximum Gasteiger partial charge on any atom is 0.267 e. The van der Waals surface area contributed by atoms with Gasteiger partial charge in [-0.25, -0.2) is 4.98 Å². The van der Waals surface area contributed by atoms with Crippen LogP contribution in [-0.2, 0) is 16.6 Å². The summed E-state index contributed by atoms with van der Waals surface area (Å²) in [5, 5.41) is 8.08. The Morgan fingerprint density at radius 3 is 2.93 bits per heavy atom. The molecular weight excluding hydrogens is 358 g/mol. The van der Waals surface area contributed by atoms with Crippen LogP contribution in [0.2, 0.25) is 0 Å². The zero-order valence-electron chi connectivity index (χ0n) is 16.0. The van der Waals surface area contributed by atoms with Crippen LogP contribution in [-0.4, -0.2) is 39.2 Å². The van der Waals surface area contributed by atoms with Gasteiger partial charge in [-0.15, -0.1) is 0 Å². The van der Waals surface area contributed by atoms with E-state index < -0.39 is 6.10 Å². The van der Waals surface area contributed by atoms with Gasteiger partial charge in [0.2, 0.25) is 5.91 Å². The van der Waals surface area contributed by atoms with Gasteiger partial charge in [0.05, 0.1) is 23.3 Å². The number of anilines is 2. The summed E-state index contributed by atoms with van der Waals surface area (Å²) < 4.78 is 7.33. The Bertz CT molecular complexity index is 1070. The predicted octanol–water partition coefficient (Wildman–Crippen LogP) is 2.42. The fraction of sp³-hybridized carbons (Fsp3) is 0.300. The Labute approximate surface area is 162 Å². The molecule has 0 aliphatic carbocycles. The van der Waals surface area contributed by atoms with Gasteiger partial charge < -0.3 is 15.0 Å². The van der Waals surface area contributed by atoms with Crippen LogP contribution < -0.4 is 15.0 Å². The molecule has 3 aromatic rings. The fourth-order valence-corrected chi connectivity index (χ4v) is 3.40. The quantitative estimate of drug-likeness (QED) is 0.752. The number of benzene rings is 1. The molecular formula is C20H21N5O3. The summed E-state index contributed by atoms with van der Waals surface area (Å²) in [7, 11) is 1.83. The number of hydrogen-bond acceptors (Lipinski definition) is 5. The highest BCUT2D eigenvalue weighted by atomic mass is 16.5. The zero-order valence-corrected chi connectivity index (χ0v) is 16.0. The van der Waals surface area contributed by atoms with Crippen molar-refractivity contribution in [1.29, 1.82) is 0 Å². The summed E-state index contributed by atoms with van der Waals surface area (Å²) in [4.78, 5) is 30.9. The molecule has 3 heterocycles. The number of aryl methyl sites for hydroxylation is 2. The predicted molar refractivity (Wildman–Crippen MR) is 105 cm³/mol. The van der Waals surface area contributed by atoms with Crippen molar-refractivity contribution in [3.05, 3.63) is 42.2 Å². The zero-order chi connectivity index (χ0) is 19.8. The highest BCUT2D eigenvalue weighted by Crippen LogP contribution is 2.33. The molecule has 0 saturated carbocycles. The molecule has 4 rings (SSSR count). The Hall–Kier alpha value is -3.42. The molecule has 1 N–H and O–H groups in total. The number of nitrogens with zero attached hydrogens (tertiary/aromatic N) is 4. The summed E-state index contributed by atoms with van der Waals surface area (Å²) in [6, 6.07) is 9.20. The van der Waals surface area contributed by atoms with E-state index in [0.29, 0.717) is 17.1 Å². The first-order chi connectivity index (χ1) is 13.4. The molecule has 2 aromatic heterocycles. The minimum absolute atomic E-state index is 0.152. The third-order valence-electron chi connectivity index (χ3n) is 4.78. The number of ether oxygens (including phenoxy) is 1. The van der Waals surface area contributed by atoms with Crippen LogP contribution in [0.25, 0.3) is 11.0 Å². The van der Waals surface area contributed by atoms with E-state index in [9.17, 15) is 9.59 Å². The molecule has 1 atom stereocenters. The van der Waals surface area contributed by atoms with E-state index in [1.165, 1.54) is 0 Å². The van der Waals surface area contributed by atoms with Crippen molar-refractivity contribution in [1.82, 2.24) is 14.8 Å². The van der Waals surface area contributed by atoms with Crippen LogP contribution in [0, 0.1) is 6.92 Å².